The van der Waals surface area contributed by atoms with Gasteiger partial charge in [-0.3, -0.25) is 0 Å². The third-order valence-electron chi connectivity index (χ3n) is 2.25. The van der Waals surface area contributed by atoms with Crippen molar-refractivity contribution in [3.63, 3.8) is 0 Å². The summed E-state index contributed by atoms with van der Waals surface area (Å²) in [6.07, 6.45) is 4.90. The molecule has 0 bridgehead atoms. The summed E-state index contributed by atoms with van der Waals surface area (Å²) >= 11 is 5.88. The monoisotopic (exact) mass is 262 g/mol. The van der Waals surface area contributed by atoms with Crippen LogP contribution in [0.3, 0.4) is 0 Å². The minimum absolute atomic E-state index is 0.0895. The first kappa shape index (κ1) is 10.8. The van der Waals surface area contributed by atoms with E-state index in [9.17, 15) is 0 Å². The minimum Gasteiger partial charge on any atom is -0.245 e. The van der Waals surface area contributed by atoms with E-state index in [1.54, 1.807) is 36.4 Å². The second kappa shape index (κ2) is 4.15. The van der Waals surface area contributed by atoms with E-state index in [1.807, 2.05) is 0 Å². The fraction of sp³-hybridized carbons (Fsp3) is 0.111. The van der Waals surface area contributed by atoms with Crippen molar-refractivity contribution in [2.45, 2.75) is 0 Å². The molecule has 0 saturated carbocycles. The van der Waals surface area contributed by atoms with Gasteiger partial charge in [-0.05, 0) is 17.7 Å². The number of aryl methyl sites for hydroxylation is 1. The molecule has 0 saturated heterocycles. The van der Waals surface area contributed by atoms with Crippen LogP contribution in [0.15, 0.2) is 24.7 Å². The maximum Gasteiger partial charge on any atom is 0.255 e. The number of rotatable bonds is 2. The van der Waals surface area contributed by atoms with Crippen LogP contribution < -0.4 is 0 Å². The van der Waals surface area contributed by atoms with Crippen molar-refractivity contribution in [2.75, 3.05) is 0 Å². The van der Waals surface area contributed by atoms with Crippen molar-refractivity contribution >= 4 is 11.6 Å². The van der Waals surface area contributed by atoms with Crippen molar-refractivity contribution in [2.24, 2.45) is 7.05 Å². The molecule has 0 amide bonds. The van der Waals surface area contributed by atoms with Gasteiger partial charge in [-0.15, -0.1) is 5.10 Å². The quantitative estimate of drug-likeness (QED) is 0.669. The molecule has 0 fully saturated rings. The molecule has 0 aliphatic carbocycles. The van der Waals surface area contributed by atoms with Crippen LogP contribution in [-0.2, 0) is 7.05 Å². The lowest BCUT2D eigenvalue weighted by atomic mass is 10.4. The predicted molar refractivity (Wildman–Crippen MR) is 62.0 cm³/mol. The van der Waals surface area contributed by atoms with Gasteiger partial charge in [0.25, 0.3) is 5.95 Å². The van der Waals surface area contributed by atoms with Crippen LogP contribution in [-0.4, -0.2) is 39.7 Å². The molecule has 9 heteroatoms. The standard InChI is InChI=1S/C9H7ClN8/c1-17-6(5-11-16-17)7-13-8(10)15-9(14-7)18-4-2-3-12-18/h2-5H,1H3. The second-order valence-corrected chi connectivity index (χ2v) is 3.76. The molecule has 0 spiro atoms. The topological polar surface area (TPSA) is 87.2 Å². The predicted octanol–water partition coefficient (Wildman–Crippen LogP) is 0.506. The Bertz CT molecular complexity index is 674. The summed E-state index contributed by atoms with van der Waals surface area (Å²) < 4.78 is 3.05. The van der Waals surface area contributed by atoms with Crippen molar-refractivity contribution in [3.8, 4) is 17.5 Å². The van der Waals surface area contributed by atoms with Gasteiger partial charge in [0, 0.05) is 19.4 Å². The van der Waals surface area contributed by atoms with Gasteiger partial charge in [-0.1, -0.05) is 5.21 Å². The van der Waals surface area contributed by atoms with Crippen LogP contribution in [0.5, 0.6) is 0 Å². The zero-order valence-electron chi connectivity index (χ0n) is 9.27. The highest BCUT2D eigenvalue weighted by Gasteiger charge is 2.12. The lowest BCUT2D eigenvalue weighted by Gasteiger charge is -2.03. The Kier molecular flexibility index (Phi) is 2.49. The van der Waals surface area contributed by atoms with E-state index >= 15 is 0 Å². The van der Waals surface area contributed by atoms with Gasteiger partial charge < -0.3 is 0 Å². The van der Waals surface area contributed by atoms with Crippen LogP contribution in [0.1, 0.15) is 0 Å². The normalized spacial score (nSPS) is 10.8. The first-order valence-electron chi connectivity index (χ1n) is 5.00. The molecule has 3 aromatic rings. The van der Waals surface area contributed by atoms with E-state index in [-0.39, 0.29) is 5.28 Å². The first-order valence-corrected chi connectivity index (χ1v) is 5.38. The molecule has 3 heterocycles. The molecule has 3 aromatic heterocycles. The zero-order chi connectivity index (χ0) is 12.5. The Balaban J connectivity index is 2.15. The average Bonchev–Trinajstić information content (AvgIpc) is 2.98. The maximum atomic E-state index is 5.88. The zero-order valence-corrected chi connectivity index (χ0v) is 10.0. The number of nitrogens with zero attached hydrogens (tertiary/aromatic N) is 8. The second-order valence-electron chi connectivity index (χ2n) is 3.42. The van der Waals surface area contributed by atoms with Crippen molar-refractivity contribution < 1.29 is 0 Å². The maximum absolute atomic E-state index is 5.88. The number of aromatic nitrogens is 8. The highest BCUT2D eigenvalue weighted by molar-refractivity contribution is 6.28. The number of halogens is 1. The Labute approximate surface area is 106 Å². The smallest absolute Gasteiger partial charge is 0.245 e. The van der Waals surface area contributed by atoms with Gasteiger partial charge in [0.2, 0.25) is 5.28 Å². The SMILES string of the molecule is Cn1nncc1-c1nc(Cl)nc(-n2cccn2)n1. The molecule has 0 aromatic carbocycles. The highest BCUT2D eigenvalue weighted by atomic mass is 35.5. The third-order valence-corrected chi connectivity index (χ3v) is 2.42. The fourth-order valence-corrected chi connectivity index (χ4v) is 1.59. The summed E-state index contributed by atoms with van der Waals surface area (Å²) in [7, 11) is 1.74. The summed E-state index contributed by atoms with van der Waals surface area (Å²) in [5, 5.41) is 11.7. The average molecular weight is 263 g/mol. The van der Waals surface area contributed by atoms with Crippen LogP contribution in [0.2, 0.25) is 5.28 Å². The summed E-state index contributed by atoms with van der Waals surface area (Å²) in [6, 6.07) is 1.77. The molecule has 90 valence electrons. The number of hydrogen-bond donors (Lipinski definition) is 0. The van der Waals surface area contributed by atoms with Gasteiger partial charge in [0.15, 0.2) is 5.82 Å². The van der Waals surface area contributed by atoms with E-state index in [1.165, 1.54) is 4.68 Å². The Morgan fingerprint density at radius 1 is 1.22 bits per heavy atom. The molecule has 8 nitrogen and oxygen atoms in total. The van der Waals surface area contributed by atoms with E-state index in [0.29, 0.717) is 17.5 Å². The van der Waals surface area contributed by atoms with E-state index in [4.69, 9.17) is 11.6 Å². The summed E-state index contributed by atoms with van der Waals surface area (Å²) in [5.74, 6) is 0.740. The minimum atomic E-state index is 0.0895. The summed E-state index contributed by atoms with van der Waals surface area (Å²) in [5.41, 5.74) is 0.646. The molecule has 18 heavy (non-hydrogen) atoms. The lowest BCUT2D eigenvalue weighted by molar-refractivity contribution is 0.714. The largest absolute Gasteiger partial charge is 0.255 e. The molecule has 0 radical (unpaired) electrons. The van der Waals surface area contributed by atoms with Crippen LogP contribution in [0, 0.1) is 0 Å². The molecule has 0 aliphatic heterocycles. The van der Waals surface area contributed by atoms with E-state index in [2.05, 4.69) is 30.4 Å². The molecule has 0 N–H and O–H groups in total. The Morgan fingerprint density at radius 2 is 2.11 bits per heavy atom. The van der Waals surface area contributed by atoms with E-state index < -0.39 is 0 Å². The molecular weight excluding hydrogens is 256 g/mol. The molecular formula is C9H7ClN8. The summed E-state index contributed by atoms with van der Waals surface area (Å²) in [4.78, 5) is 12.3. The van der Waals surface area contributed by atoms with Gasteiger partial charge >= 0.3 is 0 Å². The summed E-state index contributed by atoms with van der Waals surface area (Å²) in [6.45, 7) is 0. The molecule has 0 unspecified atom stereocenters. The van der Waals surface area contributed by atoms with Crippen molar-refractivity contribution in [1.82, 2.24) is 39.7 Å². The fourth-order valence-electron chi connectivity index (χ4n) is 1.44. The number of hydrogen-bond acceptors (Lipinski definition) is 6. The van der Waals surface area contributed by atoms with Crippen molar-refractivity contribution in [1.29, 1.82) is 0 Å². The third kappa shape index (κ3) is 1.82. The van der Waals surface area contributed by atoms with Gasteiger partial charge in [-0.2, -0.15) is 20.1 Å². The van der Waals surface area contributed by atoms with Gasteiger partial charge in [0.05, 0.1) is 6.20 Å². The van der Waals surface area contributed by atoms with Crippen molar-refractivity contribution in [3.05, 3.63) is 29.9 Å². The lowest BCUT2D eigenvalue weighted by Crippen LogP contribution is -2.06. The molecule has 0 aliphatic rings. The van der Waals surface area contributed by atoms with Gasteiger partial charge in [-0.25, -0.2) is 9.36 Å². The highest BCUT2D eigenvalue weighted by Crippen LogP contribution is 2.15. The van der Waals surface area contributed by atoms with Gasteiger partial charge in [0.1, 0.15) is 5.69 Å². The van der Waals surface area contributed by atoms with Crippen LogP contribution >= 0.6 is 11.6 Å². The van der Waals surface area contributed by atoms with Crippen LogP contribution in [0.25, 0.3) is 17.5 Å². The Hall–Kier alpha value is -2.35. The first-order chi connectivity index (χ1) is 8.74. The molecule has 0 atom stereocenters. The van der Waals surface area contributed by atoms with Crippen LogP contribution in [0.4, 0.5) is 0 Å². The Morgan fingerprint density at radius 3 is 2.78 bits per heavy atom. The van der Waals surface area contributed by atoms with E-state index in [0.717, 1.165) is 0 Å². The molecule has 3 rings (SSSR count).